The van der Waals surface area contributed by atoms with E-state index in [4.69, 9.17) is 23.2 Å². The summed E-state index contributed by atoms with van der Waals surface area (Å²) in [6, 6.07) is 16.4. The van der Waals surface area contributed by atoms with Crippen LogP contribution in [-0.2, 0) is 4.74 Å². The van der Waals surface area contributed by atoms with Gasteiger partial charge in [-0.1, -0.05) is 23.2 Å². The molecule has 0 amide bonds. The number of esters is 1. The molecule has 3 rings (SSSR count). The molecule has 1 heterocycles. The van der Waals surface area contributed by atoms with Gasteiger partial charge >= 0.3 is 5.97 Å². The molecule has 6 heteroatoms. The highest BCUT2D eigenvalue weighted by Gasteiger charge is 2.10. The zero-order valence-electron chi connectivity index (χ0n) is 13.3. The third-order valence-corrected chi connectivity index (χ3v) is 4.15. The molecule has 0 bridgehead atoms. The third-order valence-electron chi connectivity index (χ3n) is 3.59. The number of nitrogens with zero attached hydrogens (tertiary/aromatic N) is 2. The molecule has 0 saturated heterocycles. The van der Waals surface area contributed by atoms with Crippen molar-refractivity contribution in [2.75, 3.05) is 7.11 Å². The Balaban J connectivity index is 1.86. The Kier molecular flexibility index (Phi) is 5.22. The van der Waals surface area contributed by atoms with Crippen molar-refractivity contribution in [2.45, 2.75) is 0 Å². The van der Waals surface area contributed by atoms with Gasteiger partial charge in [-0.2, -0.15) is 0 Å². The predicted molar refractivity (Wildman–Crippen MR) is 101 cm³/mol. The molecule has 0 unspecified atom stereocenters. The van der Waals surface area contributed by atoms with Crippen LogP contribution in [0.25, 0.3) is 5.69 Å². The van der Waals surface area contributed by atoms with Gasteiger partial charge in [0.1, 0.15) is 0 Å². The van der Waals surface area contributed by atoms with Crippen LogP contribution in [0.4, 0.5) is 5.69 Å². The van der Waals surface area contributed by atoms with E-state index in [9.17, 15) is 4.79 Å². The summed E-state index contributed by atoms with van der Waals surface area (Å²) in [6.45, 7) is 0. The molecule has 126 valence electrons. The molecule has 0 radical (unpaired) electrons. The second-order valence-electron chi connectivity index (χ2n) is 5.19. The van der Waals surface area contributed by atoms with Gasteiger partial charge in [-0.3, -0.25) is 4.99 Å². The fourth-order valence-corrected chi connectivity index (χ4v) is 2.71. The summed E-state index contributed by atoms with van der Waals surface area (Å²) in [5.74, 6) is -0.475. The highest BCUT2D eigenvalue weighted by molar-refractivity contribution is 6.33. The van der Waals surface area contributed by atoms with E-state index in [1.807, 2.05) is 47.2 Å². The average Bonchev–Trinajstić information content (AvgIpc) is 3.08. The van der Waals surface area contributed by atoms with Crippen LogP contribution in [0, 0.1) is 0 Å². The van der Waals surface area contributed by atoms with Crippen molar-refractivity contribution in [3.05, 3.63) is 82.1 Å². The summed E-state index contributed by atoms with van der Waals surface area (Å²) in [4.78, 5) is 16.0. The number of aliphatic imine (C=N–C) groups is 1. The molecule has 0 fully saturated rings. The number of benzene rings is 2. The van der Waals surface area contributed by atoms with E-state index in [-0.39, 0.29) is 0 Å². The lowest BCUT2D eigenvalue weighted by Gasteiger charge is -2.06. The Bertz CT molecular complexity index is 931. The van der Waals surface area contributed by atoms with Gasteiger partial charge in [-0.05, 0) is 54.6 Å². The van der Waals surface area contributed by atoms with Crippen molar-refractivity contribution in [2.24, 2.45) is 4.99 Å². The maximum Gasteiger partial charge on any atom is 0.339 e. The molecule has 0 spiro atoms. The summed E-state index contributed by atoms with van der Waals surface area (Å²) < 4.78 is 6.66. The summed E-state index contributed by atoms with van der Waals surface area (Å²) in [6.07, 6.45) is 3.68. The molecule has 2 aromatic carbocycles. The van der Waals surface area contributed by atoms with E-state index in [1.165, 1.54) is 7.11 Å². The summed E-state index contributed by atoms with van der Waals surface area (Å²) in [5, 5.41) is 0.987. The van der Waals surface area contributed by atoms with Gasteiger partial charge < -0.3 is 9.30 Å². The van der Waals surface area contributed by atoms with E-state index < -0.39 is 5.97 Å². The van der Waals surface area contributed by atoms with Crippen LogP contribution in [0.15, 0.2) is 65.8 Å². The van der Waals surface area contributed by atoms with Crippen molar-refractivity contribution >= 4 is 41.1 Å². The molecular formula is C19H14Cl2N2O2. The van der Waals surface area contributed by atoms with Crippen LogP contribution >= 0.6 is 23.2 Å². The van der Waals surface area contributed by atoms with Crippen LogP contribution in [0.2, 0.25) is 10.0 Å². The lowest BCUT2D eigenvalue weighted by molar-refractivity contribution is 0.0601. The predicted octanol–water partition coefficient (Wildman–Crippen LogP) is 5.32. The first-order valence-corrected chi connectivity index (χ1v) is 8.19. The molecule has 1 aromatic heterocycles. The minimum Gasteiger partial charge on any atom is -0.465 e. The average molecular weight is 373 g/mol. The van der Waals surface area contributed by atoms with Crippen LogP contribution in [0.1, 0.15) is 16.1 Å². The number of carbonyl (C=O) groups excluding carboxylic acids is 1. The number of hydrogen-bond acceptors (Lipinski definition) is 3. The normalized spacial score (nSPS) is 11.0. The first-order chi connectivity index (χ1) is 12.1. The van der Waals surface area contributed by atoms with Crippen LogP contribution in [0.5, 0.6) is 0 Å². The molecule has 0 aliphatic carbocycles. The maximum absolute atomic E-state index is 11.6. The topological polar surface area (TPSA) is 43.6 Å². The van der Waals surface area contributed by atoms with E-state index in [2.05, 4.69) is 9.73 Å². The van der Waals surface area contributed by atoms with Crippen molar-refractivity contribution < 1.29 is 9.53 Å². The number of hydrogen-bond donors (Lipinski definition) is 0. The van der Waals surface area contributed by atoms with E-state index in [0.29, 0.717) is 21.3 Å². The highest BCUT2D eigenvalue weighted by atomic mass is 35.5. The van der Waals surface area contributed by atoms with Crippen LogP contribution in [-0.4, -0.2) is 23.9 Å². The fraction of sp³-hybridized carbons (Fsp3) is 0.0526. The fourth-order valence-electron chi connectivity index (χ4n) is 2.34. The Morgan fingerprint density at radius 2 is 1.88 bits per heavy atom. The second-order valence-corrected chi connectivity index (χ2v) is 6.04. The van der Waals surface area contributed by atoms with Crippen molar-refractivity contribution in [3.8, 4) is 5.69 Å². The number of methoxy groups -OCH3 is 1. The number of halogens is 2. The Hall–Kier alpha value is -2.56. The first kappa shape index (κ1) is 17.3. The SMILES string of the molecule is COC(=O)c1ccc(N=Cc2cccn2-c2ccc(Cl)cc2)cc1Cl. The monoisotopic (exact) mass is 372 g/mol. The van der Waals surface area contributed by atoms with Crippen molar-refractivity contribution in [1.82, 2.24) is 4.57 Å². The smallest absolute Gasteiger partial charge is 0.339 e. The van der Waals surface area contributed by atoms with Gasteiger partial charge in [-0.25, -0.2) is 4.79 Å². The Morgan fingerprint density at radius 1 is 1.12 bits per heavy atom. The molecule has 4 nitrogen and oxygen atoms in total. The van der Waals surface area contributed by atoms with Crippen molar-refractivity contribution in [1.29, 1.82) is 0 Å². The second kappa shape index (κ2) is 7.55. The number of aromatic nitrogens is 1. The van der Waals surface area contributed by atoms with E-state index in [1.54, 1.807) is 24.4 Å². The number of ether oxygens (including phenoxy) is 1. The van der Waals surface area contributed by atoms with Gasteiger partial charge in [0.05, 0.1) is 35.3 Å². The van der Waals surface area contributed by atoms with Gasteiger partial charge in [-0.15, -0.1) is 0 Å². The van der Waals surface area contributed by atoms with E-state index >= 15 is 0 Å². The minimum atomic E-state index is -0.475. The summed E-state index contributed by atoms with van der Waals surface area (Å²) in [7, 11) is 1.32. The summed E-state index contributed by atoms with van der Waals surface area (Å²) in [5.41, 5.74) is 2.83. The Morgan fingerprint density at radius 3 is 2.56 bits per heavy atom. The molecule has 0 saturated carbocycles. The zero-order chi connectivity index (χ0) is 17.8. The molecule has 3 aromatic rings. The van der Waals surface area contributed by atoms with Gasteiger partial charge in [0, 0.05) is 16.9 Å². The molecule has 0 atom stereocenters. The molecule has 0 N–H and O–H groups in total. The lowest BCUT2D eigenvalue weighted by Crippen LogP contribution is -2.01. The highest BCUT2D eigenvalue weighted by Crippen LogP contribution is 2.24. The molecule has 0 aliphatic heterocycles. The third kappa shape index (κ3) is 3.92. The quantitative estimate of drug-likeness (QED) is 0.459. The maximum atomic E-state index is 11.6. The molecule has 25 heavy (non-hydrogen) atoms. The standard InChI is InChI=1S/C19H14Cl2N2O2/c1-25-19(24)17-9-6-14(11-18(17)21)22-12-16-3-2-10-23(16)15-7-4-13(20)5-8-15/h2-12H,1H3. The largest absolute Gasteiger partial charge is 0.465 e. The molecule has 0 aliphatic rings. The van der Waals surface area contributed by atoms with Crippen molar-refractivity contribution in [3.63, 3.8) is 0 Å². The van der Waals surface area contributed by atoms with Gasteiger partial charge in [0.25, 0.3) is 0 Å². The molecular weight excluding hydrogens is 359 g/mol. The minimum absolute atomic E-state index is 0.301. The van der Waals surface area contributed by atoms with Crippen LogP contribution in [0.3, 0.4) is 0 Å². The zero-order valence-corrected chi connectivity index (χ0v) is 14.8. The number of rotatable bonds is 4. The van der Waals surface area contributed by atoms with Gasteiger partial charge in [0.15, 0.2) is 0 Å². The summed E-state index contributed by atoms with van der Waals surface area (Å²) >= 11 is 12.0. The Labute approximate surface area is 155 Å². The van der Waals surface area contributed by atoms with Crippen LogP contribution < -0.4 is 0 Å². The first-order valence-electron chi connectivity index (χ1n) is 7.44. The van der Waals surface area contributed by atoms with Gasteiger partial charge in [0.2, 0.25) is 0 Å². The van der Waals surface area contributed by atoms with E-state index in [0.717, 1.165) is 11.4 Å². The number of carbonyl (C=O) groups is 1. The lowest BCUT2D eigenvalue weighted by atomic mass is 10.2.